The topological polar surface area (TPSA) is 132 Å². The van der Waals surface area contributed by atoms with Crippen molar-refractivity contribution in [1.29, 1.82) is 0 Å². The van der Waals surface area contributed by atoms with Gasteiger partial charge in [0.1, 0.15) is 0 Å². The molecule has 5 rings (SSSR count). The third-order valence-electron chi connectivity index (χ3n) is 7.10. The molecular weight excluding hydrogens is 598 g/mol. The molecule has 1 aliphatic rings. The summed E-state index contributed by atoms with van der Waals surface area (Å²) in [4.78, 5) is 37.4. The highest BCUT2D eigenvalue weighted by molar-refractivity contribution is 6.30. The van der Waals surface area contributed by atoms with E-state index in [2.05, 4.69) is 25.7 Å². The molecule has 0 unspecified atom stereocenters. The fourth-order valence-corrected chi connectivity index (χ4v) is 5.31. The molecule has 0 fully saturated rings. The molecule has 3 amide bonds. The van der Waals surface area contributed by atoms with E-state index in [-0.39, 0.29) is 18.8 Å². The SMILES string of the molecule is CCOC(=O)C1=C(C)NC(=O)N[C@@H]1c1ccc(OCC(=O)N/N=C/c2cn(Cc3cccc(Cl)c3)c3ccccc23)c(OC)c1. The van der Waals surface area contributed by atoms with Gasteiger partial charge in [0.25, 0.3) is 5.91 Å². The molecule has 0 aliphatic carbocycles. The van der Waals surface area contributed by atoms with Crippen LogP contribution in [0, 0.1) is 0 Å². The Morgan fingerprint density at radius 3 is 2.69 bits per heavy atom. The number of amides is 3. The van der Waals surface area contributed by atoms with Crippen LogP contribution in [0.15, 0.2) is 89.3 Å². The summed E-state index contributed by atoms with van der Waals surface area (Å²) in [7, 11) is 1.45. The van der Waals surface area contributed by atoms with Gasteiger partial charge in [-0.05, 0) is 55.3 Å². The van der Waals surface area contributed by atoms with E-state index in [0.29, 0.717) is 34.3 Å². The fourth-order valence-electron chi connectivity index (χ4n) is 5.10. The van der Waals surface area contributed by atoms with Crippen molar-refractivity contribution < 1.29 is 28.6 Å². The molecule has 1 aromatic heterocycles. The van der Waals surface area contributed by atoms with Gasteiger partial charge in [-0.3, -0.25) is 4.79 Å². The van der Waals surface area contributed by atoms with Gasteiger partial charge in [0, 0.05) is 39.9 Å². The van der Waals surface area contributed by atoms with Crippen LogP contribution in [0.3, 0.4) is 0 Å². The van der Waals surface area contributed by atoms with Crippen molar-refractivity contribution >= 4 is 46.6 Å². The first-order valence-corrected chi connectivity index (χ1v) is 14.6. The molecule has 11 nitrogen and oxygen atoms in total. The molecule has 1 aliphatic heterocycles. The zero-order chi connectivity index (χ0) is 31.9. The smallest absolute Gasteiger partial charge is 0.338 e. The van der Waals surface area contributed by atoms with Gasteiger partial charge in [-0.1, -0.05) is 48.0 Å². The van der Waals surface area contributed by atoms with Gasteiger partial charge >= 0.3 is 12.0 Å². The lowest BCUT2D eigenvalue weighted by molar-refractivity contribution is -0.139. The summed E-state index contributed by atoms with van der Waals surface area (Å²) in [5, 5.41) is 11.2. The zero-order valence-corrected chi connectivity index (χ0v) is 25.7. The van der Waals surface area contributed by atoms with Crippen molar-refractivity contribution in [3.8, 4) is 11.5 Å². The second kappa shape index (κ2) is 14.0. The molecule has 3 N–H and O–H groups in total. The van der Waals surface area contributed by atoms with Crippen LogP contribution in [-0.4, -0.2) is 49.0 Å². The van der Waals surface area contributed by atoms with E-state index < -0.39 is 23.9 Å². The van der Waals surface area contributed by atoms with Crippen LogP contribution < -0.4 is 25.5 Å². The lowest BCUT2D eigenvalue weighted by Gasteiger charge is -2.28. The Balaban J connectivity index is 1.25. The lowest BCUT2D eigenvalue weighted by Crippen LogP contribution is -2.45. The van der Waals surface area contributed by atoms with E-state index >= 15 is 0 Å². The number of fused-ring (bicyclic) bond motifs is 1. The van der Waals surface area contributed by atoms with Gasteiger partial charge in [-0.2, -0.15) is 5.10 Å². The minimum Gasteiger partial charge on any atom is -0.493 e. The number of methoxy groups -OCH3 is 1. The third-order valence-corrected chi connectivity index (χ3v) is 7.33. The standard InChI is InChI=1S/C33H32ClN5O6/c1-4-44-32(41)30-20(2)36-33(42)37-31(30)22-12-13-27(28(15-22)43-3)45-19-29(40)38-35-16-23-18-39(26-11-6-5-10-25(23)26)17-21-8-7-9-24(34)14-21/h5-16,18,31H,4,17,19H2,1-3H3,(H,38,40)(H2,36,37,42)/b35-16+/t31-/m1/s1. The highest BCUT2D eigenvalue weighted by Gasteiger charge is 2.32. The van der Waals surface area contributed by atoms with Gasteiger partial charge in [-0.25, -0.2) is 15.0 Å². The van der Waals surface area contributed by atoms with Crippen LogP contribution >= 0.6 is 11.6 Å². The second-order valence-electron chi connectivity index (χ2n) is 10.1. The molecule has 45 heavy (non-hydrogen) atoms. The number of nitrogens with one attached hydrogen (secondary N) is 3. The van der Waals surface area contributed by atoms with Gasteiger partial charge in [0.15, 0.2) is 18.1 Å². The van der Waals surface area contributed by atoms with Crippen LogP contribution in [0.1, 0.15) is 36.6 Å². The minimum absolute atomic E-state index is 0.186. The molecule has 0 spiro atoms. The van der Waals surface area contributed by atoms with Gasteiger partial charge in [0.05, 0.1) is 31.5 Å². The van der Waals surface area contributed by atoms with E-state index in [1.54, 1.807) is 38.3 Å². The summed E-state index contributed by atoms with van der Waals surface area (Å²) in [5.41, 5.74) is 6.66. The number of carbonyl (C=O) groups excluding carboxylic acids is 3. The summed E-state index contributed by atoms with van der Waals surface area (Å²) in [5.74, 6) is -0.420. The fraction of sp³-hybridized carbons (Fsp3) is 0.212. The van der Waals surface area contributed by atoms with E-state index in [1.165, 1.54) is 7.11 Å². The van der Waals surface area contributed by atoms with Gasteiger partial charge in [-0.15, -0.1) is 0 Å². The van der Waals surface area contributed by atoms with Gasteiger partial charge < -0.3 is 29.4 Å². The zero-order valence-electron chi connectivity index (χ0n) is 24.9. The van der Waals surface area contributed by atoms with Crippen LogP contribution in [0.2, 0.25) is 5.02 Å². The molecule has 12 heteroatoms. The predicted octanol–water partition coefficient (Wildman–Crippen LogP) is 5.07. The Morgan fingerprint density at radius 2 is 1.91 bits per heavy atom. The number of nitrogens with zero attached hydrogens (tertiary/aromatic N) is 2. The molecule has 2 heterocycles. The second-order valence-corrected chi connectivity index (χ2v) is 10.6. The first kappa shape index (κ1) is 31.1. The maximum atomic E-state index is 12.6. The molecule has 3 aromatic carbocycles. The summed E-state index contributed by atoms with van der Waals surface area (Å²) < 4.78 is 18.5. The molecule has 0 radical (unpaired) electrons. The number of hydrogen-bond acceptors (Lipinski definition) is 7. The monoisotopic (exact) mass is 629 g/mol. The Labute approximate surface area is 264 Å². The minimum atomic E-state index is -0.769. The average Bonchev–Trinajstić information content (AvgIpc) is 3.36. The molecule has 0 saturated heterocycles. The Hall–Kier alpha value is -5.29. The van der Waals surface area contributed by atoms with Crippen molar-refractivity contribution in [2.45, 2.75) is 26.4 Å². The van der Waals surface area contributed by atoms with Gasteiger partial charge in [0.2, 0.25) is 0 Å². The van der Waals surface area contributed by atoms with Crippen molar-refractivity contribution in [2.75, 3.05) is 20.3 Å². The van der Waals surface area contributed by atoms with Crippen molar-refractivity contribution in [3.63, 3.8) is 0 Å². The molecule has 4 aromatic rings. The number of esters is 1. The van der Waals surface area contributed by atoms with Crippen molar-refractivity contribution in [1.82, 2.24) is 20.6 Å². The first-order chi connectivity index (χ1) is 21.8. The summed E-state index contributed by atoms with van der Waals surface area (Å²) >= 11 is 6.17. The Kier molecular flexibility index (Phi) is 9.69. The quantitative estimate of drug-likeness (QED) is 0.121. The van der Waals surface area contributed by atoms with E-state index in [0.717, 1.165) is 22.0 Å². The van der Waals surface area contributed by atoms with E-state index in [4.69, 9.17) is 25.8 Å². The highest BCUT2D eigenvalue weighted by Crippen LogP contribution is 2.34. The normalized spacial score (nSPS) is 14.7. The van der Waals surface area contributed by atoms with Crippen LogP contribution in [-0.2, 0) is 20.9 Å². The number of benzene rings is 3. The Morgan fingerprint density at radius 1 is 1.09 bits per heavy atom. The Bertz CT molecular complexity index is 1810. The molecule has 0 saturated carbocycles. The number of hydrogen-bond donors (Lipinski definition) is 3. The summed E-state index contributed by atoms with van der Waals surface area (Å²) in [6.45, 7) is 3.82. The first-order valence-electron chi connectivity index (χ1n) is 14.2. The number of allylic oxidation sites excluding steroid dienone is 1. The number of urea groups is 1. The van der Waals surface area contributed by atoms with Crippen molar-refractivity contribution in [2.24, 2.45) is 5.10 Å². The van der Waals surface area contributed by atoms with Crippen molar-refractivity contribution in [3.05, 3.63) is 106 Å². The molecule has 1 atom stereocenters. The third kappa shape index (κ3) is 7.27. The number of ether oxygens (including phenoxy) is 3. The predicted molar refractivity (Wildman–Crippen MR) is 170 cm³/mol. The largest absolute Gasteiger partial charge is 0.493 e. The highest BCUT2D eigenvalue weighted by atomic mass is 35.5. The molecule has 0 bridgehead atoms. The lowest BCUT2D eigenvalue weighted by atomic mass is 9.95. The number of hydrazone groups is 1. The van der Waals surface area contributed by atoms with Crippen LogP contribution in [0.4, 0.5) is 4.79 Å². The van der Waals surface area contributed by atoms with Crippen LogP contribution in [0.25, 0.3) is 10.9 Å². The number of rotatable bonds is 11. The van der Waals surface area contributed by atoms with E-state index in [1.807, 2.05) is 54.7 Å². The molecular formula is C33H32ClN5O6. The summed E-state index contributed by atoms with van der Waals surface area (Å²) in [6, 6.07) is 19.3. The molecule has 232 valence electrons. The maximum Gasteiger partial charge on any atom is 0.338 e. The number of para-hydroxylation sites is 1. The number of aromatic nitrogens is 1. The maximum absolute atomic E-state index is 12.6. The number of halogens is 1. The number of carbonyl (C=O) groups is 3. The summed E-state index contributed by atoms with van der Waals surface area (Å²) in [6.07, 6.45) is 3.56. The average molecular weight is 630 g/mol. The van der Waals surface area contributed by atoms with E-state index in [9.17, 15) is 14.4 Å². The van der Waals surface area contributed by atoms with Crippen LogP contribution in [0.5, 0.6) is 11.5 Å².